The van der Waals surface area contributed by atoms with Crippen molar-refractivity contribution in [3.05, 3.63) is 118 Å². The fourth-order valence-electron chi connectivity index (χ4n) is 4.01. The standard InChI is InChI=1S/C26H10F4N6/c1-32-36-24-20-5-3-2-4-19(20)23(33-12-31)25-26(24)35-22(14-8-17(29)11-18(30)9-14)21(34-25)13-6-15(27)10-16(28)7-13/h2-11H/b33-23?,36-24+. The predicted octanol–water partition coefficient (Wildman–Crippen LogP) is 5.67. The van der Waals surface area contributed by atoms with Gasteiger partial charge in [-0.1, -0.05) is 24.3 Å². The van der Waals surface area contributed by atoms with E-state index in [9.17, 15) is 22.8 Å². The van der Waals surface area contributed by atoms with Crippen LogP contribution in [0.5, 0.6) is 0 Å². The number of hydrogen-bond acceptors (Lipinski definition) is 5. The molecule has 0 saturated heterocycles. The van der Waals surface area contributed by atoms with Gasteiger partial charge in [0.2, 0.25) is 6.19 Å². The Labute approximate surface area is 201 Å². The summed E-state index contributed by atoms with van der Waals surface area (Å²) >= 11 is 0. The van der Waals surface area contributed by atoms with Gasteiger partial charge in [0.05, 0.1) is 16.5 Å². The van der Waals surface area contributed by atoms with Crippen molar-refractivity contribution < 1.29 is 17.6 Å². The molecule has 0 unspecified atom stereocenters. The first-order valence-electron chi connectivity index (χ1n) is 10.3. The Bertz CT molecular complexity index is 1550. The Kier molecular flexibility index (Phi) is 5.55. The van der Waals surface area contributed by atoms with E-state index >= 15 is 0 Å². The van der Waals surface area contributed by atoms with Gasteiger partial charge in [-0.25, -0.2) is 27.5 Å². The van der Waals surface area contributed by atoms with Crippen LogP contribution in [0.15, 0.2) is 70.8 Å². The Morgan fingerprint density at radius 2 is 1.14 bits per heavy atom. The number of aliphatic imine (C=N–C) groups is 1. The molecule has 6 nitrogen and oxygen atoms in total. The molecule has 36 heavy (non-hydrogen) atoms. The summed E-state index contributed by atoms with van der Waals surface area (Å²) in [5.74, 6) is -3.64. The molecule has 5 rings (SSSR count). The van der Waals surface area contributed by atoms with Crippen LogP contribution in [0, 0.1) is 41.3 Å². The topological polar surface area (TPSA) is 78.6 Å². The van der Waals surface area contributed by atoms with Crippen molar-refractivity contribution in [2.45, 2.75) is 0 Å². The van der Waals surface area contributed by atoms with E-state index in [1.165, 1.54) is 0 Å². The second-order valence-corrected chi connectivity index (χ2v) is 7.59. The average molecular weight is 482 g/mol. The molecule has 1 aromatic heterocycles. The second kappa shape index (κ2) is 8.85. The van der Waals surface area contributed by atoms with E-state index in [-0.39, 0.29) is 45.3 Å². The van der Waals surface area contributed by atoms with E-state index in [0.717, 1.165) is 24.3 Å². The minimum atomic E-state index is -0.910. The Balaban J connectivity index is 1.93. The Hall–Kier alpha value is -5.22. The first-order valence-corrected chi connectivity index (χ1v) is 10.3. The van der Waals surface area contributed by atoms with Crippen molar-refractivity contribution in [2.75, 3.05) is 0 Å². The van der Waals surface area contributed by atoms with Crippen molar-refractivity contribution in [1.29, 1.82) is 5.26 Å². The molecule has 0 spiro atoms. The lowest BCUT2D eigenvalue weighted by Gasteiger charge is -2.21. The fraction of sp³-hybridized carbons (Fsp3) is 0. The molecule has 1 heterocycles. The zero-order valence-corrected chi connectivity index (χ0v) is 18.0. The van der Waals surface area contributed by atoms with Crippen molar-refractivity contribution >= 4 is 11.4 Å². The summed E-state index contributed by atoms with van der Waals surface area (Å²) in [6.07, 6.45) is 1.71. The number of hydrogen-bond donors (Lipinski definition) is 0. The van der Waals surface area contributed by atoms with E-state index in [1.54, 1.807) is 30.5 Å². The molecule has 0 fully saturated rings. The SMILES string of the molecule is [C-]#[N+]/N=C1\c2ccccc2C(=NC#N)c2nc(-c3cc(F)cc(F)c3)c(-c3cc(F)cc(F)c3)nc21. The van der Waals surface area contributed by atoms with E-state index in [0.29, 0.717) is 23.3 Å². The number of fused-ring (bicyclic) bond motifs is 2. The number of nitriles is 1. The number of aromatic nitrogens is 2. The predicted molar refractivity (Wildman–Crippen MR) is 123 cm³/mol. The molecular formula is C26H10F4N6. The molecule has 0 atom stereocenters. The second-order valence-electron chi connectivity index (χ2n) is 7.59. The average Bonchev–Trinajstić information content (AvgIpc) is 2.84. The minimum Gasteiger partial charge on any atom is -0.241 e. The monoisotopic (exact) mass is 482 g/mol. The smallest absolute Gasteiger partial charge is 0.206 e. The summed E-state index contributed by atoms with van der Waals surface area (Å²) in [5, 5.41) is 13.2. The third-order valence-electron chi connectivity index (χ3n) is 5.37. The zero-order valence-electron chi connectivity index (χ0n) is 18.0. The molecule has 172 valence electrons. The number of nitrogens with zero attached hydrogens (tertiary/aromatic N) is 6. The van der Waals surface area contributed by atoms with Gasteiger partial charge in [0.15, 0.2) is 5.71 Å². The molecule has 0 aliphatic heterocycles. The fourth-order valence-corrected chi connectivity index (χ4v) is 4.01. The first-order chi connectivity index (χ1) is 17.4. The van der Waals surface area contributed by atoms with Gasteiger partial charge in [-0.15, -0.1) is 4.95 Å². The van der Waals surface area contributed by atoms with Crippen molar-refractivity contribution in [3.63, 3.8) is 0 Å². The van der Waals surface area contributed by atoms with Crippen molar-refractivity contribution in [1.82, 2.24) is 9.97 Å². The highest BCUT2D eigenvalue weighted by Crippen LogP contribution is 2.35. The van der Waals surface area contributed by atoms with Crippen LogP contribution in [0.3, 0.4) is 0 Å². The van der Waals surface area contributed by atoms with Gasteiger partial charge in [-0.3, -0.25) is 0 Å². The molecule has 4 aromatic rings. The molecule has 0 amide bonds. The van der Waals surface area contributed by atoms with Gasteiger partial charge < -0.3 is 0 Å². The zero-order chi connectivity index (χ0) is 25.4. The highest BCUT2D eigenvalue weighted by Gasteiger charge is 2.33. The lowest BCUT2D eigenvalue weighted by atomic mass is 9.87. The number of rotatable bonds is 2. The third kappa shape index (κ3) is 3.87. The molecule has 0 N–H and O–H groups in total. The van der Waals surface area contributed by atoms with Crippen LogP contribution in [0.1, 0.15) is 22.5 Å². The van der Waals surface area contributed by atoms with Crippen LogP contribution in [0.2, 0.25) is 0 Å². The van der Waals surface area contributed by atoms with Crippen molar-refractivity contribution in [2.24, 2.45) is 10.1 Å². The third-order valence-corrected chi connectivity index (χ3v) is 5.37. The van der Waals surface area contributed by atoms with E-state index in [4.69, 9.17) is 6.57 Å². The van der Waals surface area contributed by atoms with Gasteiger partial charge in [-0.2, -0.15) is 16.8 Å². The molecule has 10 heteroatoms. The summed E-state index contributed by atoms with van der Waals surface area (Å²) in [7, 11) is 0. The summed E-state index contributed by atoms with van der Waals surface area (Å²) in [6.45, 7) is 7.28. The molecule has 0 saturated carbocycles. The van der Waals surface area contributed by atoms with E-state index in [2.05, 4.69) is 25.0 Å². The van der Waals surface area contributed by atoms with E-state index < -0.39 is 23.3 Å². The Morgan fingerprint density at radius 1 is 0.694 bits per heavy atom. The maximum atomic E-state index is 14.1. The van der Waals surface area contributed by atoms with Gasteiger partial charge in [0.25, 0.3) is 0 Å². The van der Waals surface area contributed by atoms with Gasteiger partial charge in [-0.05, 0) is 24.3 Å². The van der Waals surface area contributed by atoms with Gasteiger partial charge in [0, 0.05) is 34.4 Å². The van der Waals surface area contributed by atoms with Crippen LogP contribution in [0.4, 0.5) is 17.6 Å². The number of benzene rings is 3. The molecule has 0 bridgehead atoms. The maximum absolute atomic E-state index is 14.1. The summed E-state index contributed by atoms with van der Waals surface area (Å²) < 4.78 is 56.6. The highest BCUT2D eigenvalue weighted by molar-refractivity contribution is 6.30. The summed E-state index contributed by atoms with van der Waals surface area (Å²) in [5.41, 5.74) is 0.703. The molecular weight excluding hydrogens is 472 g/mol. The number of halogens is 4. The molecule has 1 aliphatic rings. The minimum absolute atomic E-state index is 0.0120. The Morgan fingerprint density at radius 3 is 1.58 bits per heavy atom. The summed E-state index contributed by atoms with van der Waals surface area (Å²) in [4.78, 5) is 16.0. The first kappa shape index (κ1) is 22.6. The van der Waals surface area contributed by atoms with Crippen LogP contribution >= 0.6 is 0 Å². The molecule has 3 aromatic carbocycles. The lowest BCUT2D eigenvalue weighted by Crippen LogP contribution is -2.25. The lowest BCUT2D eigenvalue weighted by molar-refractivity contribution is 0.583. The molecule has 0 radical (unpaired) electrons. The molecule has 1 aliphatic carbocycles. The largest absolute Gasteiger partial charge is 0.241 e. The van der Waals surface area contributed by atoms with Crippen molar-refractivity contribution in [3.8, 4) is 28.7 Å². The quantitative estimate of drug-likeness (QED) is 0.141. The van der Waals surface area contributed by atoms with Crippen LogP contribution in [-0.4, -0.2) is 21.4 Å². The maximum Gasteiger partial charge on any atom is 0.206 e. The van der Waals surface area contributed by atoms with Crippen LogP contribution in [-0.2, 0) is 0 Å². The van der Waals surface area contributed by atoms with Crippen LogP contribution in [0.25, 0.3) is 27.5 Å². The highest BCUT2D eigenvalue weighted by atomic mass is 19.1. The van der Waals surface area contributed by atoms with E-state index in [1.807, 2.05) is 0 Å². The normalized spacial score (nSPS) is 14.2. The van der Waals surface area contributed by atoms with Gasteiger partial charge >= 0.3 is 0 Å². The van der Waals surface area contributed by atoms with Gasteiger partial charge in [0.1, 0.15) is 40.4 Å². The summed E-state index contributed by atoms with van der Waals surface area (Å²) in [6, 6.07) is 12.0. The van der Waals surface area contributed by atoms with Crippen LogP contribution < -0.4 is 0 Å².